The molecule has 1 N–H and O–H groups in total. The molecule has 2 aromatic rings. The van der Waals surface area contributed by atoms with E-state index in [9.17, 15) is 0 Å². The second-order valence-electron chi connectivity index (χ2n) is 4.27. The maximum Gasteiger partial charge on any atom is 0.125 e. The summed E-state index contributed by atoms with van der Waals surface area (Å²) in [6, 6.07) is 10.9. The second kappa shape index (κ2) is 7.19. The minimum Gasteiger partial charge on any atom is -0.488 e. The maximum absolute atomic E-state index is 6.18. The summed E-state index contributed by atoms with van der Waals surface area (Å²) in [4.78, 5) is 0. The summed E-state index contributed by atoms with van der Waals surface area (Å²) in [5.74, 6) is 0.739. The molecule has 0 atom stereocenters. The van der Waals surface area contributed by atoms with Crippen LogP contribution in [0.15, 0.2) is 36.4 Å². The quantitative estimate of drug-likeness (QED) is 0.838. The van der Waals surface area contributed by atoms with Crippen molar-refractivity contribution in [2.75, 3.05) is 7.05 Å². The molecular formula is C15H14Cl3NO. The van der Waals surface area contributed by atoms with E-state index in [4.69, 9.17) is 39.5 Å². The molecule has 2 nitrogen and oxygen atoms in total. The molecule has 2 aromatic carbocycles. The Hall–Kier alpha value is -0.930. The van der Waals surface area contributed by atoms with Gasteiger partial charge in [0.1, 0.15) is 12.4 Å². The second-order valence-corrected chi connectivity index (χ2v) is 5.52. The van der Waals surface area contributed by atoms with Crippen molar-refractivity contribution in [3.63, 3.8) is 0 Å². The average Bonchev–Trinajstić information content (AvgIpc) is 2.43. The number of hydrogen-bond acceptors (Lipinski definition) is 2. The molecule has 0 aromatic heterocycles. The molecule has 0 heterocycles. The van der Waals surface area contributed by atoms with E-state index >= 15 is 0 Å². The van der Waals surface area contributed by atoms with Crippen LogP contribution in [0.3, 0.4) is 0 Å². The molecule has 2 rings (SSSR count). The predicted octanol–water partition coefficient (Wildman–Crippen LogP) is 4.95. The van der Waals surface area contributed by atoms with Gasteiger partial charge in [-0.05, 0) is 37.4 Å². The lowest BCUT2D eigenvalue weighted by molar-refractivity contribution is 0.302. The zero-order valence-electron chi connectivity index (χ0n) is 10.9. The Kier molecular flexibility index (Phi) is 5.55. The molecule has 0 fully saturated rings. The Morgan fingerprint density at radius 3 is 2.60 bits per heavy atom. The number of rotatable bonds is 5. The molecule has 20 heavy (non-hydrogen) atoms. The molecule has 0 radical (unpaired) electrons. The van der Waals surface area contributed by atoms with Crippen LogP contribution in [0.1, 0.15) is 11.1 Å². The topological polar surface area (TPSA) is 21.3 Å². The summed E-state index contributed by atoms with van der Waals surface area (Å²) >= 11 is 18.3. The van der Waals surface area contributed by atoms with Gasteiger partial charge in [-0.15, -0.1) is 0 Å². The fraction of sp³-hybridized carbons (Fsp3) is 0.200. The van der Waals surface area contributed by atoms with Crippen LogP contribution in [0.2, 0.25) is 15.1 Å². The van der Waals surface area contributed by atoms with Crippen LogP contribution >= 0.6 is 34.8 Å². The summed E-state index contributed by atoms with van der Waals surface area (Å²) in [5.41, 5.74) is 1.77. The SMILES string of the molecule is CNCc1c(Cl)cccc1OCc1cc(Cl)ccc1Cl. The maximum atomic E-state index is 6.18. The van der Waals surface area contributed by atoms with Crippen LogP contribution in [0, 0.1) is 0 Å². The number of benzene rings is 2. The molecule has 106 valence electrons. The first-order valence-electron chi connectivity index (χ1n) is 6.10. The van der Waals surface area contributed by atoms with Crippen molar-refractivity contribution in [3.8, 4) is 5.75 Å². The van der Waals surface area contributed by atoms with Crippen LogP contribution in [0.25, 0.3) is 0 Å². The first-order chi connectivity index (χ1) is 9.61. The molecule has 0 amide bonds. The van der Waals surface area contributed by atoms with E-state index in [1.807, 2.05) is 25.2 Å². The summed E-state index contributed by atoms with van der Waals surface area (Å²) in [6.45, 7) is 0.981. The smallest absolute Gasteiger partial charge is 0.125 e. The average molecular weight is 331 g/mol. The van der Waals surface area contributed by atoms with Crippen molar-refractivity contribution in [2.45, 2.75) is 13.2 Å². The normalized spacial score (nSPS) is 10.6. The lowest BCUT2D eigenvalue weighted by atomic mass is 10.2. The summed E-state index contributed by atoms with van der Waals surface area (Å²) in [6.07, 6.45) is 0. The molecule has 0 unspecified atom stereocenters. The standard InChI is InChI=1S/C15H14Cl3NO/c1-19-8-12-14(18)3-2-4-15(12)20-9-10-7-11(16)5-6-13(10)17/h2-7,19H,8-9H2,1H3. The molecule has 0 spiro atoms. The Labute approximate surface area is 133 Å². The third-order valence-electron chi connectivity index (χ3n) is 2.82. The van der Waals surface area contributed by atoms with Crippen molar-refractivity contribution >= 4 is 34.8 Å². The number of nitrogens with one attached hydrogen (secondary N) is 1. The van der Waals surface area contributed by atoms with Gasteiger partial charge in [0.25, 0.3) is 0 Å². The van der Waals surface area contributed by atoms with Crippen molar-refractivity contribution in [2.24, 2.45) is 0 Å². The number of halogens is 3. The van der Waals surface area contributed by atoms with Gasteiger partial charge < -0.3 is 10.1 Å². The van der Waals surface area contributed by atoms with Crippen molar-refractivity contribution < 1.29 is 4.74 Å². The fourth-order valence-corrected chi connectivity index (χ4v) is 2.43. The van der Waals surface area contributed by atoms with Gasteiger partial charge in [-0.2, -0.15) is 0 Å². The number of ether oxygens (including phenoxy) is 1. The molecule has 0 bridgehead atoms. The third-order valence-corrected chi connectivity index (χ3v) is 3.78. The van der Waals surface area contributed by atoms with Gasteiger partial charge in [0, 0.05) is 32.7 Å². The first kappa shape index (κ1) is 15.5. The van der Waals surface area contributed by atoms with Crippen LogP contribution in [-0.4, -0.2) is 7.05 Å². The van der Waals surface area contributed by atoms with Crippen LogP contribution in [0.5, 0.6) is 5.75 Å². The molecule has 0 aliphatic rings. The molecule has 5 heteroatoms. The monoisotopic (exact) mass is 329 g/mol. The van der Waals surface area contributed by atoms with E-state index in [0.717, 1.165) is 16.9 Å². The fourth-order valence-electron chi connectivity index (χ4n) is 1.83. The van der Waals surface area contributed by atoms with Crippen LogP contribution in [0.4, 0.5) is 0 Å². The van der Waals surface area contributed by atoms with E-state index in [-0.39, 0.29) is 0 Å². The van der Waals surface area contributed by atoms with Crippen molar-refractivity contribution in [1.82, 2.24) is 5.32 Å². The van der Waals surface area contributed by atoms with E-state index in [0.29, 0.717) is 28.2 Å². The third kappa shape index (κ3) is 3.80. The number of hydrogen-bond donors (Lipinski definition) is 1. The lowest BCUT2D eigenvalue weighted by Gasteiger charge is -2.13. The van der Waals surface area contributed by atoms with Gasteiger partial charge in [-0.1, -0.05) is 40.9 Å². The lowest BCUT2D eigenvalue weighted by Crippen LogP contribution is -2.08. The van der Waals surface area contributed by atoms with Gasteiger partial charge in [0.05, 0.1) is 0 Å². The summed E-state index contributed by atoms with van der Waals surface area (Å²) < 4.78 is 5.82. The Morgan fingerprint density at radius 2 is 1.85 bits per heavy atom. The van der Waals surface area contributed by atoms with Gasteiger partial charge in [-0.25, -0.2) is 0 Å². The van der Waals surface area contributed by atoms with Gasteiger partial charge in [-0.3, -0.25) is 0 Å². The van der Waals surface area contributed by atoms with Crippen molar-refractivity contribution in [1.29, 1.82) is 0 Å². The van der Waals surface area contributed by atoms with Gasteiger partial charge >= 0.3 is 0 Å². The summed E-state index contributed by atoms with van der Waals surface area (Å²) in [7, 11) is 1.86. The first-order valence-corrected chi connectivity index (χ1v) is 7.24. The Bertz CT molecular complexity index is 602. The highest BCUT2D eigenvalue weighted by Gasteiger charge is 2.09. The van der Waals surface area contributed by atoms with Crippen molar-refractivity contribution in [3.05, 3.63) is 62.6 Å². The van der Waals surface area contributed by atoms with E-state index in [2.05, 4.69) is 5.32 Å². The van der Waals surface area contributed by atoms with E-state index < -0.39 is 0 Å². The molecule has 0 aliphatic heterocycles. The zero-order valence-corrected chi connectivity index (χ0v) is 13.2. The molecular weight excluding hydrogens is 317 g/mol. The largest absolute Gasteiger partial charge is 0.488 e. The molecule has 0 aliphatic carbocycles. The van der Waals surface area contributed by atoms with E-state index in [1.165, 1.54) is 0 Å². The molecule has 0 saturated carbocycles. The summed E-state index contributed by atoms with van der Waals surface area (Å²) in [5, 5.41) is 5.01. The van der Waals surface area contributed by atoms with Crippen LogP contribution < -0.4 is 10.1 Å². The Balaban J connectivity index is 2.18. The van der Waals surface area contributed by atoms with E-state index in [1.54, 1.807) is 18.2 Å². The highest BCUT2D eigenvalue weighted by atomic mass is 35.5. The highest BCUT2D eigenvalue weighted by Crippen LogP contribution is 2.28. The van der Waals surface area contributed by atoms with Gasteiger partial charge in [0.15, 0.2) is 0 Å². The zero-order chi connectivity index (χ0) is 14.5. The Morgan fingerprint density at radius 1 is 1.05 bits per heavy atom. The predicted molar refractivity (Wildman–Crippen MR) is 85.0 cm³/mol. The van der Waals surface area contributed by atoms with Gasteiger partial charge in [0.2, 0.25) is 0 Å². The van der Waals surface area contributed by atoms with Crippen LogP contribution in [-0.2, 0) is 13.2 Å². The highest BCUT2D eigenvalue weighted by molar-refractivity contribution is 6.33. The minimum atomic E-state index is 0.344. The molecule has 0 saturated heterocycles. The minimum absolute atomic E-state index is 0.344.